The number of aromatic nitrogens is 4. The number of H-pyrrole nitrogens is 1. The summed E-state index contributed by atoms with van der Waals surface area (Å²) in [7, 11) is 1.97. The molecule has 0 saturated carbocycles. The molecule has 0 spiro atoms. The average Bonchev–Trinajstić information content (AvgIpc) is 3.38. The maximum absolute atomic E-state index is 4.66. The first-order chi connectivity index (χ1) is 13.8. The number of aromatic amines is 1. The van der Waals surface area contributed by atoms with Crippen molar-refractivity contribution < 1.29 is 0 Å². The summed E-state index contributed by atoms with van der Waals surface area (Å²) in [6.45, 7) is 1.86. The molecule has 0 amide bonds. The topological polar surface area (TPSA) is 49.7 Å². The Morgan fingerprint density at radius 2 is 1.89 bits per heavy atom. The number of hydrogen-bond acceptors (Lipinski definition) is 3. The molecule has 0 bridgehead atoms. The highest BCUT2D eigenvalue weighted by Crippen LogP contribution is 2.35. The van der Waals surface area contributed by atoms with E-state index in [0.29, 0.717) is 0 Å². The Bertz CT molecular complexity index is 1080. The standard InChI is InChI=1S/C23H23N5/c1-27-14-19(13-26-27)23-22-21(24-16-25-22)11-12-28(23)15-18-9-5-6-10-20(18)17-7-3-2-4-8-17/h2-10,13-14,16,23H,11-12,15H2,1H3,(H,24,25)/t23-/m0/s1. The zero-order valence-electron chi connectivity index (χ0n) is 15.9. The molecule has 28 heavy (non-hydrogen) atoms. The number of imidazole rings is 1. The molecule has 2 aromatic heterocycles. The third-order valence-corrected chi connectivity index (χ3v) is 5.54. The maximum Gasteiger partial charge on any atom is 0.0926 e. The largest absolute Gasteiger partial charge is 0.348 e. The van der Waals surface area contributed by atoms with Gasteiger partial charge < -0.3 is 4.98 Å². The van der Waals surface area contributed by atoms with E-state index in [1.807, 2.05) is 24.3 Å². The smallest absolute Gasteiger partial charge is 0.0926 e. The lowest BCUT2D eigenvalue weighted by Gasteiger charge is -2.35. The van der Waals surface area contributed by atoms with E-state index >= 15 is 0 Å². The van der Waals surface area contributed by atoms with Gasteiger partial charge in [-0.2, -0.15) is 5.10 Å². The van der Waals surface area contributed by atoms with Crippen molar-refractivity contribution in [2.24, 2.45) is 7.05 Å². The molecule has 4 aromatic rings. The van der Waals surface area contributed by atoms with Crippen LogP contribution in [0.15, 0.2) is 73.3 Å². The summed E-state index contributed by atoms with van der Waals surface area (Å²) in [5.74, 6) is 0. The number of benzene rings is 2. The van der Waals surface area contributed by atoms with Crippen LogP contribution in [0.2, 0.25) is 0 Å². The van der Waals surface area contributed by atoms with Crippen LogP contribution in [0.3, 0.4) is 0 Å². The van der Waals surface area contributed by atoms with Crippen molar-refractivity contribution in [3.05, 3.63) is 95.8 Å². The minimum absolute atomic E-state index is 0.118. The average molecular weight is 369 g/mol. The van der Waals surface area contributed by atoms with Crippen LogP contribution in [0.5, 0.6) is 0 Å². The molecule has 5 rings (SSSR count). The fourth-order valence-electron chi connectivity index (χ4n) is 4.22. The van der Waals surface area contributed by atoms with E-state index in [-0.39, 0.29) is 6.04 Å². The molecular weight excluding hydrogens is 346 g/mol. The number of fused-ring (bicyclic) bond motifs is 1. The van der Waals surface area contributed by atoms with Gasteiger partial charge in [0.1, 0.15) is 0 Å². The Labute approximate surface area is 164 Å². The summed E-state index contributed by atoms with van der Waals surface area (Å²) in [4.78, 5) is 10.5. The molecule has 1 N–H and O–H groups in total. The normalized spacial score (nSPS) is 16.8. The van der Waals surface area contributed by atoms with Crippen molar-refractivity contribution in [2.75, 3.05) is 6.54 Å². The van der Waals surface area contributed by atoms with Crippen molar-refractivity contribution in [3.63, 3.8) is 0 Å². The van der Waals surface area contributed by atoms with Crippen molar-refractivity contribution in [3.8, 4) is 11.1 Å². The van der Waals surface area contributed by atoms with Gasteiger partial charge in [0.05, 0.1) is 24.3 Å². The van der Waals surface area contributed by atoms with Gasteiger partial charge in [-0.1, -0.05) is 54.6 Å². The molecule has 1 aliphatic heterocycles. The first kappa shape index (κ1) is 17.0. The highest BCUT2D eigenvalue weighted by atomic mass is 15.3. The van der Waals surface area contributed by atoms with Crippen LogP contribution in [0.1, 0.15) is 28.6 Å². The predicted octanol–water partition coefficient (Wildman–Crippen LogP) is 3.96. The second-order valence-electron chi connectivity index (χ2n) is 7.36. The molecule has 1 aliphatic rings. The monoisotopic (exact) mass is 369 g/mol. The Kier molecular flexibility index (Phi) is 4.29. The van der Waals surface area contributed by atoms with Gasteiger partial charge in [-0.25, -0.2) is 4.98 Å². The molecule has 2 aromatic carbocycles. The van der Waals surface area contributed by atoms with E-state index in [2.05, 4.69) is 80.8 Å². The van der Waals surface area contributed by atoms with Crippen LogP contribution in [-0.2, 0) is 20.0 Å². The SMILES string of the molecule is Cn1cc([C@H]2c3nc[nH]c3CCN2Cc2ccccc2-c2ccccc2)cn1. The van der Waals surface area contributed by atoms with E-state index in [1.54, 1.807) is 0 Å². The predicted molar refractivity (Wildman–Crippen MR) is 110 cm³/mol. The first-order valence-electron chi connectivity index (χ1n) is 9.67. The molecule has 0 radical (unpaired) electrons. The van der Waals surface area contributed by atoms with Gasteiger partial charge in [0.2, 0.25) is 0 Å². The second kappa shape index (κ2) is 7.09. The lowest BCUT2D eigenvalue weighted by molar-refractivity contribution is 0.200. The molecule has 0 saturated heterocycles. The molecule has 3 heterocycles. The third-order valence-electron chi connectivity index (χ3n) is 5.54. The number of nitrogens with zero attached hydrogens (tertiary/aromatic N) is 4. The van der Waals surface area contributed by atoms with Crippen LogP contribution in [0, 0.1) is 0 Å². The Hall–Kier alpha value is -3.18. The minimum atomic E-state index is 0.118. The molecule has 0 unspecified atom stereocenters. The number of rotatable bonds is 4. The molecule has 140 valence electrons. The van der Waals surface area contributed by atoms with Crippen molar-refractivity contribution in [1.82, 2.24) is 24.6 Å². The first-order valence-corrected chi connectivity index (χ1v) is 9.67. The van der Waals surface area contributed by atoms with Crippen molar-refractivity contribution in [2.45, 2.75) is 19.0 Å². The number of aryl methyl sites for hydroxylation is 1. The van der Waals surface area contributed by atoms with Crippen LogP contribution in [0.25, 0.3) is 11.1 Å². The van der Waals surface area contributed by atoms with Crippen LogP contribution in [-0.4, -0.2) is 31.2 Å². The van der Waals surface area contributed by atoms with Crippen molar-refractivity contribution in [1.29, 1.82) is 0 Å². The second-order valence-corrected chi connectivity index (χ2v) is 7.36. The zero-order valence-corrected chi connectivity index (χ0v) is 15.9. The van der Waals surface area contributed by atoms with E-state index < -0.39 is 0 Å². The van der Waals surface area contributed by atoms with Gasteiger partial charge in [0.15, 0.2) is 0 Å². The maximum atomic E-state index is 4.66. The molecule has 1 atom stereocenters. The molecule has 0 aliphatic carbocycles. The summed E-state index contributed by atoms with van der Waals surface area (Å²) in [5, 5.41) is 4.41. The summed E-state index contributed by atoms with van der Waals surface area (Å²) >= 11 is 0. The van der Waals surface area contributed by atoms with Crippen LogP contribution in [0.4, 0.5) is 0 Å². The van der Waals surface area contributed by atoms with Gasteiger partial charge in [0, 0.05) is 44.0 Å². The third kappa shape index (κ3) is 3.04. The van der Waals surface area contributed by atoms with E-state index in [1.165, 1.54) is 27.9 Å². The lowest BCUT2D eigenvalue weighted by Crippen LogP contribution is -2.35. The number of nitrogens with one attached hydrogen (secondary N) is 1. The molecule has 5 heteroatoms. The Morgan fingerprint density at radius 1 is 1.07 bits per heavy atom. The van der Waals surface area contributed by atoms with Gasteiger partial charge >= 0.3 is 0 Å². The molecule has 0 fully saturated rings. The highest BCUT2D eigenvalue weighted by molar-refractivity contribution is 5.67. The van der Waals surface area contributed by atoms with Gasteiger partial charge in [-0.3, -0.25) is 9.58 Å². The zero-order chi connectivity index (χ0) is 18.9. The van der Waals surface area contributed by atoms with Gasteiger partial charge in [-0.15, -0.1) is 0 Å². The van der Waals surface area contributed by atoms with E-state index in [9.17, 15) is 0 Å². The Morgan fingerprint density at radius 3 is 2.71 bits per heavy atom. The quantitative estimate of drug-likeness (QED) is 0.592. The van der Waals surface area contributed by atoms with Crippen LogP contribution >= 0.6 is 0 Å². The minimum Gasteiger partial charge on any atom is -0.348 e. The number of hydrogen-bond donors (Lipinski definition) is 1. The Balaban J connectivity index is 1.53. The summed E-state index contributed by atoms with van der Waals surface area (Å²) in [5.41, 5.74) is 7.43. The summed E-state index contributed by atoms with van der Waals surface area (Å²) in [6.07, 6.45) is 6.87. The molecular formula is C23H23N5. The van der Waals surface area contributed by atoms with Gasteiger partial charge in [0.25, 0.3) is 0 Å². The van der Waals surface area contributed by atoms with Crippen molar-refractivity contribution >= 4 is 0 Å². The van der Waals surface area contributed by atoms with E-state index in [0.717, 1.165) is 25.2 Å². The summed E-state index contributed by atoms with van der Waals surface area (Å²) < 4.78 is 1.87. The molecule has 5 nitrogen and oxygen atoms in total. The van der Waals surface area contributed by atoms with Crippen LogP contribution < -0.4 is 0 Å². The fourth-order valence-corrected chi connectivity index (χ4v) is 4.22. The summed E-state index contributed by atoms with van der Waals surface area (Å²) in [6, 6.07) is 19.4. The van der Waals surface area contributed by atoms with E-state index in [4.69, 9.17) is 0 Å². The highest BCUT2D eigenvalue weighted by Gasteiger charge is 2.32. The van der Waals surface area contributed by atoms with Gasteiger partial charge in [-0.05, 0) is 16.7 Å². The fraction of sp³-hybridized carbons (Fsp3) is 0.217. The lowest BCUT2D eigenvalue weighted by atomic mass is 9.95.